The highest BCUT2D eigenvalue weighted by Crippen LogP contribution is 2.33. The summed E-state index contributed by atoms with van der Waals surface area (Å²) in [6, 6.07) is 11.0. The minimum atomic E-state index is -0.555. The monoisotopic (exact) mass is 411 g/mol. The van der Waals surface area contributed by atoms with Crippen molar-refractivity contribution in [3.63, 3.8) is 0 Å². The van der Waals surface area contributed by atoms with Crippen LogP contribution in [0.15, 0.2) is 42.5 Å². The maximum Gasteiger partial charge on any atom is 0.313 e. The van der Waals surface area contributed by atoms with Crippen LogP contribution in [0.4, 0.5) is 5.69 Å². The summed E-state index contributed by atoms with van der Waals surface area (Å²) < 4.78 is 5.56. The second kappa shape index (κ2) is 9.55. The maximum absolute atomic E-state index is 12.2. The Morgan fingerprint density at radius 3 is 2.67 bits per heavy atom. The van der Waals surface area contributed by atoms with Crippen LogP contribution >= 0.6 is 24.0 Å². The first-order valence-corrected chi connectivity index (χ1v) is 8.64. The summed E-state index contributed by atoms with van der Waals surface area (Å²) in [5, 5.41) is 17.6. The van der Waals surface area contributed by atoms with E-state index in [1.165, 1.54) is 18.2 Å². The molecule has 0 bridgehead atoms. The van der Waals surface area contributed by atoms with Gasteiger partial charge in [0.1, 0.15) is 5.75 Å². The molecular weight excluding hydrogens is 393 g/mol. The van der Waals surface area contributed by atoms with E-state index in [9.17, 15) is 14.9 Å². The molecule has 0 radical (unpaired) electrons. The molecule has 2 aromatic carbocycles. The third-order valence-electron chi connectivity index (χ3n) is 4.13. The van der Waals surface area contributed by atoms with Gasteiger partial charge in [-0.1, -0.05) is 11.6 Å². The molecule has 1 aliphatic rings. The number of benzene rings is 2. The first-order valence-electron chi connectivity index (χ1n) is 8.26. The molecule has 3 rings (SSSR count). The van der Waals surface area contributed by atoms with Gasteiger partial charge in [0.2, 0.25) is 5.75 Å². The molecule has 1 fully saturated rings. The Kier molecular flexibility index (Phi) is 7.41. The molecule has 144 valence electrons. The smallest absolute Gasteiger partial charge is 0.313 e. The summed E-state index contributed by atoms with van der Waals surface area (Å²) in [7, 11) is 0. The number of hydrogen-bond donors (Lipinski definition) is 2. The Morgan fingerprint density at radius 1 is 1.30 bits per heavy atom. The topological polar surface area (TPSA) is 93.5 Å². The van der Waals surface area contributed by atoms with E-state index >= 15 is 0 Å². The molecular formula is C18H19Cl2N3O4. The molecule has 27 heavy (non-hydrogen) atoms. The molecule has 2 N–H and O–H groups in total. The zero-order chi connectivity index (χ0) is 18.5. The lowest BCUT2D eigenvalue weighted by atomic mass is 10.2. The Labute approximate surface area is 167 Å². The molecule has 0 saturated carbocycles. The van der Waals surface area contributed by atoms with Crippen LogP contribution in [-0.2, 0) is 0 Å². The van der Waals surface area contributed by atoms with Gasteiger partial charge in [-0.3, -0.25) is 14.9 Å². The van der Waals surface area contributed by atoms with E-state index in [0.29, 0.717) is 23.9 Å². The fourth-order valence-electron chi connectivity index (χ4n) is 2.77. The second-order valence-electron chi connectivity index (χ2n) is 6.00. The number of carbonyl (C=O) groups excluding carboxylic acids is 1. The van der Waals surface area contributed by atoms with Crippen molar-refractivity contribution in [1.82, 2.24) is 10.6 Å². The molecule has 1 atom stereocenters. The Balaban J connectivity index is 0.00000261. The van der Waals surface area contributed by atoms with E-state index < -0.39 is 4.92 Å². The standard InChI is InChI=1S/C18H18ClN3O4.ClH/c19-13-5-8-17(16(10-13)22(24)25)26-15-6-3-12(4-7-15)18(23)21-11-14-2-1-9-20-14;/h3-8,10,14,20H,1-2,9,11H2,(H,21,23);1H. The molecule has 0 spiro atoms. The van der Waals surface area contributed by atoms with Gasteiger partial charge in [0.15, 0.2) is 0 Å². The third kappa shape index (κ3) is 5.56. The average molecular weight is 412 g/mol. The van der Waals surface area contributed by atoms with Crippen LogP contribution in [0.1, 0.15) is 23.2 Å². The van der Waals surface area contributed by atoms with Gasteiger partial charge in [0.05, 0.1) is 4.92 Å². The summed E-state index contributed by atoms with van der Waals surface area (Å²) >= 11 is 5.79. The first-order chi connectivity index (χ1) is 12.5. The Hall–Kier alpha value is -2.35. The lowest BCUT2D eigenvalue weighted by molar-refractivity contribution is -0.385. The first kappa shape index (κ1) is 21.0. The molecule has 1 aliphatic heterocycles. The number of halogens is 2. The normalized spacial score (nSPS) is 15.7. The van der Waals surface area contributed by atoms with Crippen LogP contribution in [0.2, 0.25) is 5.02 Å². The fourth-order valence-corrected chi connectivity index (χ4v) is 2.94. The van der Waals surface area contributed by atoms with Crippen molar-refractivity contribution in [2.45, 2.75) is 18.9 Å². The number of amides is 1. The Bertz CT molecular complexity index is 809. The van der Waals surface area contributed by atoms with Gasteiger partial charge in [-0.15, -0.1) is 12.4 Å². The lowest BCUT2D eigenvalue weighted by Gasteiger charge is -2.12. The lowest BCUT2D eigenvalue weighted by Crippen LogP contribution is -2.37. The number of hydrogen-bond acceptors (Lipinski definition) is 5. The zero-order valence-corrected chi connectivity index (χ0v) is 15.9. The third-order valence-corrected chi connectivity index (χ3v) is 4.37. The van der Waals surface area contributed by atoms with Crippen LogP contribution in [-0.4, -0.2) is 30.0 Å². The molecule has 7 nitrogen and oxygen atoms in total. The SMILES string of the molecule is Cl.O=C(NCC1CCCN1)c1ccc(Oc2ccc(Cl)cc2[N+](=O)[O-])cc1. The number of nitro groups is 1. The minimum Gasteiger partial charge on any atom is -0.450 e. The maximum atomic E-state index is 12.2. The molecule has 1 heterocycles. The van der Waals surface area contributed by atoms with E-state index in [1.54, 1.807) is 24.3 Å². The van der Waals surface area contributed by atoms with Gasteiger partial charge in [-0.2, -0.15) is 0 Å². The molecule has 0 aliphatic carbocycles. The highest BCUT2D eigenvalue weighted by molar-refractivity contribution is 6.30. The largest absolute Gasteiger partial charge is 0.450 e. The van der Waals surface area contributed by atoms with Crippen molar-refractivity contribution in [2.75, 3.05) is 13.1 Å². The Morgan fingerprint density at radius 2 is 2.04 bits per heavy atom. The van der Waals surface area contributed by atoms with Gasteiger partial charge in [-0.05, 0) is 55.8 Å². The molecule has 1 saturated heterocycles. The molecule has 9 heteroatoms. The number of nitrogens with one attached hydrogen (secondary N) is 2. The zero-order valence-electron chi connectivity index (χ0n) is 14.3. The van der Waals surface area contributed by atoms with Gasteiger partial charge in [0, 0.05) is 29.2 Å². The van der Waals surface area contributed by atoms with Crippen LogP contribution in [0.3, 0.4) is 0 Å². The van der Waals surface area contributed by atoms with Gasteiger partial charge in [0.25, 0.3) is 5.91 Å². The van der Waals surface area contributed by atoms with Crippen LogP contribution in [0, 0.1) is 10.1 Å². The number of carbonyl (C=O) groups is 1. The molecule has 1 unspecified atom stereocenters. The molecule has 2 aromatic rings. The predicted octanol–water partition coefficient (Wildman–Crippen LogP) is 3.94. The average Bonchev–Trinajstić information content (AvgIpc) is 3.15. The van der Waals surface area contributed by atoms with Gasteiger partial charge in [-0.25, -0.2) is 0 Å². The molecule has 0 aromatic heterocycles. The van der Waals surface area contributed by atoms with E-state index in [0.717, 1.165) is 19.4 Å². The van der Waals surface area contributed by atoms with Gasteiger partial charge >= 0.3 is 5.69 Å². The van der Waals surface area contributed by atoms with Crippen molar-refractivity contribution >= 4 is 35.6 Å². The number of ether oxygens (including phenoxy) is 1. The summed E-state index contributed by atoms with van der Waals surface area (Å²) in [5.41, 5.74) is 0.282. The van der Waals surface area contributed by atoms with E-state index in [4.69, 9.17) is 16.3 Å². The predicted molar refractivity (Wildman–Crippen MR) is 105 cm³/mol. The van der Waals surface area contributed by atoms with E-state index in [1.807, 2.05) is 0 Å². The highest BCUT2D eigenvalue weighted by atomic mass is 35.5. The van der Waals surface area contributed by atoms with Crippen LogP contribution in [0.25, 0.3) is 0 Å². The van der Waals surface area contributed by atoms with Crippen molar-refractivity contribution in [3.05, 3.63) is 63.2 Å². The van der Waals surface area contributed by atoms with Crippen LogP contribution in [0.5, 0.6) is 11.5 Å². The fraction of sp³-hybridized carbons (Fsp3) is 0.278. The summed E-state index contributed by atoms with van der Waals surface area (Å²) in [6.45, 7) is 1.58. The quantitative estimate of drug-likeness (QED) is 0.554. The van der Waals surface area contributed by atoms with Crippen molar-refractivity contribution < 1.29 is 14.5 Å². The molecule has 1 amide bonds. The number of rotatable bonds is 6. The van der Waals surface area contributed by atoms with Gasteiger partial charge < -0.3 is 15.4 Å². The van der Waals surface area contributed by atoms with Crippen molar-refractivity contribution in [1.29, 1.82) is 0 Å². The summed E-state index contributed by atoms with van der Waals surface area (Å²) in [4.78, 5) is 22.7. The number of nitrogens with zero attached hydrogens (tertiary/aromatic N) is 1. The van der Waals surface area contributed by atoms with E-state index in [-0.39, 0.29) is 34.8 Å². The highest BCUT2D eigenvalue weighted by Gasteiger charge is 2.17. The minimum absolute atomic E-state index is 0. The van der Waals surface area contributed by atoms with Crippen molar-refractivity contribution in [2.24, 2.45) is 0 Å². The summed E-state index contributed by atoms with van der Waals surface area (Å²) in [5.74, 6) is 0.316. The van der Waals surface area contributed by atoms with Crippen molar-refractivity contribution in [3.8, 4) is 11.5 Å². The summed E-state index contributed by atoms with van der Waals surface area (Å²) in [6.07, 6.45) is 2.19. The number of nitro benzene ring substituents is 1. The second-order valence-corrected chi connectivity index (χ2v) is 6.44. The van der Waals surface area contributed by atoms with E-state index in [2.05, 4.69) is 10.6 Å². The van der Waals surface area contributed by atoms with Crippen LogP contribution < -0.4 is 15.4 Å².